The highest BCUT2D eigenvalue weighted by molar-refractivity contribution is 9.10. The molecular formula is C12H16BrNO. The molecule has 2 rings (SSSR count). The van der Waals surface area contributed by atoms with E-state index in [1.54, 1.807) is 0 Å². The van der Waals surface area contributed by atoms with Crippen LogP contribution in [-0.2, 0) is 6.54 Å². The zero-order valence-corrected chi connectivity index (χ0v) is 10.3. The number of phenols is 1. The van der Waals surface area contributed by atoms with Gasteiger partial charge in [0.2, 0.25) is 0 Å². The molecule has 0 spiro atoms. The lowest BCUT2D eigenvalue weighted by molar-refractivity contribution is 0.464. The molecule has 0 unspecified atom stereocenters. The first-order valence-corrected chi connectivity index (χ1v) is 6.23. The van der Waals surface area contributed by atoms with E-state index in [-0.39, 0.29) is 0 Å². The molecule has 0 radical (unpaired) electrons. The van der Waals surface area contributed by atoms with Gasteiger partial charge < -0.3 is 10.8 Å². The molecule has 2 nitrogen and oxygen atoms in total. The average molecular weight is 270 g/mol. The van der Waals surface area contributed by atoms with E-state index in [0.717, 1.165) is 10.0 Å². The molecule has 1 fully saturated rings. The van der Waals surface area contributed by atoms with E-state index in [4.69, 9.17) is 5.73 Å². The van der Waals surface area contributed by atoms with Crippen LogP contribution in [0.15, 0.2) is 16.6 Å². The van der Waals surface area contributed by atoms with Crippen molar-refractivity contribution in [2.75, 3.05) is 0 Å². The molecule has 0 aliphatic heterocycles. The molecule has 0 heterocycles. The number of hydrogen-bond donors (Lipinski definition) is 2. The maximum atomic E-state index is 9.74. The lowest BCUT2D eigenvalue weighted by atomic mass is 9.95. The highest BCUT2D eigenvalue weighted by Crippen LogP contribution is 2.38. The summed E-state index contributed by atoms with van der Waals surface area (Å²) >= 11 is 3.38. The highest BCUT2D eigenvalue weighted by atomic mass is 79.9. The average Bonchev–Trinajstić information content (AvgIpc) is 2.75. The van der Waals surface area contributed by atoms with Gasteiger partial charge >= 0.3 is 0 Å². The van der Waals surface area contributed by atoms with E-state index in [1.807, 2.05) is 6.07 Å². The van der Waals surface area contributed by atoms with Crippen LogP contribution in [0.5, 0.6) is 5.75 Å². The number of aromatic hydroxyl groups is 1. The largest absolute Gasteiger partial charge is 0.506 e. The third kappa shape index (κ3) is 2.18. The van der Waals surface area contributed by atoms with Crippen molar-refractivity contribution in [3.05, 3.63) is 27.7 Å². The Labute approximate surface area is 98.6 Å². The summed E-state index contributed by atoms with van der Waals surface area (Å²) in [5.74, 6) is 0.950. The minimum atomic E-state index is 0.291. The summed E-state index contributed by atoms with van der Waals surface area (Å²) in [7, 11) is 0. The fraction of sp³-hybridized carbons (Fsp3) is 0.500. The van der Waals surface area contributed by atoms with Gasteiger partial charge in [-0.05, 0) is 46.3 Å². The third-order valence-electron chi connectivity index (χ3n) is 3.21. The first-order chi connectivity index (χ1) is 7.22. The van der Waals surface area contributed by atoms with Gasteiger partial charge in [-0.1, -0.05) is 18.9 Å². The number of hydrogen-bond acceptors (Lipinski definition) is 2. The Morgan fingerprint density at radius 3 is 2.60 bits per heavy atom. The second-order valence-electron chi connectivity index (χ2n) is 4.20. The molecule has 82 valence electrons. The number of benzene rings is 1. The topological polar surface area (TPSA) is 46.2 Å². The summed E-state index contributed by atoms with van der Waals surface area (Å²) in [6, 6.07) is 4.08. The van der Waals surface area contributed by atoms with Crippen molar-refractivity contribution in [1.82, 2.24) is 0 Å². The van der Waals surface area contributed by atoms with Crippen LogP contribution in [0.3, 0.4) is 0 Å². The summed E-state index contributed by atoms with van der Waals surface area (Å²) < 4.78 is 0.771. The summed E-state index contributed by atoms with van der Waals surface area (Å²) in [5, 5.41) is 9.74. The summed E-state index contributed by atoms with van der Waals surface area (Å²) in [6.45, 7) is 0.394. The van der Waals surface area contributed by atoms with Crippen molar-refractivity contribution < 1.29 is 5.11 Å². The Kier molecular flexibility index (Phi) is 3.32. The van der Waals surface area contributed by atoms with Crippen LogP contribution < -0.4 is 5.73 Å². The summed E-state index contributed by atoms with van der Waals surface area (Å²) in [6.07, 6.45) is 5.17. The van der Waals surface area contributed by atoms with Crippen LogP contribution >= 0.6 is 15.9 Å². The number of nitrogens with two attached hydrogens (primary N) is 1. The molecule has 3 N–H and O–H groups in total. The standard InChI is InChI=1S/C12H16BrNO/c13-11-6-9(8-3-1-2-4-8)5-10(7-14)12(11)15/h5-6,8,15H,1-4,7,14H2. The van der Waals surface area contributed by atoms with Gasteiger partial charge in [0.1, 0.15) is 5.75 Å². The lowest BCUT2D eigenvalue weighted by Crippen LogP contribution is -2.00. The van der Waals surface area contributed by atoms with Crippen molar-refractivity contribution in [1.29, 1.82) is 0 Å². The van der Waals surface area contributed by atoms with Gasteiger partial charge in [0.25, 0.3) is 0 Å². The normalized spacial score (nSPS) is 17.2. The SMILES string of the molecule is NCc1cc(C2CCCC2)cc(Br)c1O. The van der Waals surface area contributed by atoms with Crippen LogP contribution in [0.2, 0.25) is 0 Å². The van der Waals surface area contributed by atoms with Gasteiger partial charge in [-0.25, -0.2) is 0 Å². The molecule has 1 aliphatic rings. The maximum absolute atomic E-state index is 9.74. The van der Waals surface area contributed by atoms with E-state index in [2.05, 4.69) is 22.0 Å². The molecule has 0 amide bonds. The van der Waals surface area contributed by atoms with E-state index >= 15 is 0 Å². The monoisotopic (exact) mass is 269 g/mol. The minimum absolute atomic E-state index is 0.291. The second kappa shape index (κ2) is 4.54. The zero-order valence-electron chi connectivity index (χ0n) is 8.67. The predicted octanol–water partition coefficient (Wildman–Crippen LogP) is 3.27. The van der Waals surface area contributed by atoms with E-state index in [9.17, 15) is 5.11 Å². The minimum Gasteiger partial charge on any atom is -0.506 e. The molecular weight excluding hydrogens is 254 g/mol. The second-order valence-corrected chi connectivity index (χ2v) is 5.05. The first-order valence-electron chi connectivity index (χ1n) is 5.43. The predicted molar refractivity (Wildman–Crippen MR) is 64.9 cm³/mol. The van der Waals surface area contributed by atoms with Crippen LogP contribution in [0.25, 0.3) is 0 Å². The third-order valence-corrected chi connectivity index (χ3v) is 3.82. The molecule has 0 saturated heterocycles. The van der Waals surface area contributed by atoms with Crippen molar-refractivity contribution in [3.63, 3.8) is 0 Å². The molecule has 1 aromatic rings. The van der Waals surface area contributed by atoms with Gasteiger partial charge in [0.05, 0.1) is 4.47 Å². The molecule has 0 atom stereocenters. The summed E-state index contributed by atoms with van der Waals surface area (Å²) in [4.78, 5) is 0. The van der Waals surface area contributed by atoms with Crippen molar-refractivity contribution in [2.45, 2.75) is 38.1 Å². The van der Waals surface area contributed by atoms with E-state index < -0.39 is 0 Å². The molecule has 1 aliphatic carbocycles. The first kappa shape index (κ1) is 11.0. The Bertz CT molecular complexity index is 359. The Morgan fingerprint density at radius 1 is 1.33 bits per heavy atom. The van der Waals surface area contributed by atoms with E-state index in [0.29, 0.717) is 18.2 Å². The van der Waals surface area contributed by atoms with Crippen molar-refractivity contribution in [3.8, 4) is 5.75 Å². The maximum Gasteiger partial charge on any atom is 0.134 e. The summed E-state index contributed by atoms with van der Waals surface area (Å²) in [5.41, 5.74) is 7.76. The van der Waals surface area contributed by atoms with E-state index in [1.165, 1.54) is 31.2 Å². The van der Waals surface area contributed by atoms with Crippen molar-refractivity contribution >= 4 is 15.9 Å². The smallest absolute Gasteiger partial charge is 0.134 e. The van der Waals surface area contributed by atoms with Crippen LogP contribution in [-0.4, -0.2) is 5.11 Å². The van der Waals surface area contributed by atoms with Crippen LogP contribution in [0, 0.1) is 0 Å². The van der Waals surface area contributed by atoms with Crippen molar-refractivity contribution in [2.24, 2.45) is 5.73 Å². The quantitative estimate of drug-likeness (QED) is 0.866. The molecule has 15 heavy (non-hydrogen) atoms. The number of rotatable bonds is 2. The molecule has 0 bridgehead atoms. The van der Waals surface area contributed by atoms with Gasteiger partial charge in [0, 0.05) is 12.1 Å². The van der Waals surface area contributed by atoms with Crippen LogP contribution in [0.1, 0.15) is 42.7 Å². The highest BCUT2D eigenvalue weighted by Gasteiger charge is 2.19. The Hall–Kier alpha value is -0.540. The lowest BCUT2D eigenvalue weighted by Gasteiger charge is -2.13. The fourth-order valence-corrected chi connectivity index (χ4v) is 2.85. The Balaban J connectivity index is 2.35. The number of phenolic OH excluding ortho intramolecular Hbond substituents is 1. The zero-order chi connectivity index (χ0) is 10.8. The number of halogens is 1. The molecule has 0 aromatic heterocycles. The molecule has 1 aromatic carbocycles. The Morgan fingerprint density at radius 2 is 2.00 bits per heavy atom. The fourth-order valence-electron chi connectivity index (χ4n) is 2.33. The van der Waals surface area contributed by atoms with Gasteiger partial charge in [-0.2, -0.15) is 0 Å². The van der Waals surface area contributed by atoms with Gasteiger partial charge in [-0.3, -0.25) is 0 Å². The van der Waals surface area contributed by atoms with Gasteiger partial charge in [0.15, 0.2) is 0 Å². The molecule has 3 heteroatoms. The molecule has 1 saturated carbocycles. The van der Waals surface area contributed by atoms with Gasteiger partial charge in [-0.15, -0.1) is 0 Å². The van der Waals surface area contributed by atoms with Crippen LogP contribution in [0.4, 0.5) is 0 Å².